The van der Waals surface area contributed by atoms with Crippen LogP contribution in [0.15, 0.2) is 48.7 Å². The standard InChI is InChI=1S/C25H30N4S/c1-6-14-28-24(22(27-25(28)30)21-12-7-8-13-26-21)20-15-18(4)29(19(20)5)23-16(2)10-9-11-17(23)3/h7-13,15,22,24H,6,14H2,1-5H3,(H,27,30)/t22-,24+/m0/s1. The third-order valence-corrected chi connectivity index (χ3v) is 6.47. The molecule has 2 aromatic heterocycles. The summed E-state index contributed by atoms with van der Waals surface area (Å²) in [6.07, 6.45) is 2.91. The summed E-state index contributed by atoms with van der Waals surface area (Å²) in [6.45, 7) is 11.9. The van der Waals surface area contributed by atoms with E-state index in [1.807, 2.05) is 18.3 Å². The molecule has 0 amide bonds. The second-order valence-corrected chi connectivity index (χ2v) is 8.61. The average Bonchev–Trinajstić information content (AvgIpc) is 3.20. The molecule has 0 saturated carbocycles. The van der Waals surface area contributed by atoms with E-state index >= 15 is 0 Å². The Bertz CT molecular complexity index is 1050. The summed E-state index contributed by atoms with van der Waals surface area (Å²) in [4.78, 5) is 6.99. The molecule has 0 bridgehead atoms. The molecule has 0 spiro atoms. The van der Waals surface area contributed by atoms with Gasteiger partial charge in [-0.1, -0.05) is 31.2 Å². The molecule has 30 heavy (non-hydrogen) atoms. The minimum atomic E-state index is 0.0390. The summed E-state index contributed by atoms with van der Waals surface area (Å²) in [5.41, 5.74) is 8.71. The van der Waals surface area contributed by atoms with Crippen LogP contribution in [0.5, 0.6) is 0 Å². The number of hydrogen-bond donors (Lipinski definition) is 1. The third-order valence-electron chi connectivity index (χ3n) is 6.11. The molecule has 1 N–H and O–H groups in total. The molecule has 2 atom stereocenters. The fourth-order valence-corrected chi connectivity index (χ4v) is 5.15. The highest BCUT2D eigenvalue weighted by Crippen LogP contribution is 2.41. The highest BCUT2D eigenvalue weighted by Gasteiger charge is 2.41. The number of hydrogen-bond acceptors (Lipinski definition) is 2. The van der Waals surface area contributed by atoms with Gasteiger partial charge in [-0.15, -0.1) is 0 Å². The van der Waals surface area contributed by atoms with Crippen molar-refractivity contribution in [2.24, 2.45) is 0 Å². The van der Waals surface area contributed by atoms with Crippen molar-refractivity contribution in [2.45, 2.75) is 53.1 Å². The molecule has 5 heteroatoms. The Balaban J connectivity index is 1.87. The molecule has 3 aromatic rings. The lowest BCUT2D eigenvalue weighted by molar-refractivity contribution is 0.316. The van der Waals surface area contributed by atoms with E-state index in [4.69, 9.17) is 12.2 Å². The van der Waals surface area contributed by atoms with Crippen molar-refractivity contribution in [3.63, 3.8) is 0 Å². The molecule has 1 aromatic carbocycles. The highest BCUT2D eigenvalue weighted by atomic mass is 32.1. The maximum Gasteiger partial charge on any atom is 0.170 e. The van der Waals surface area contributed by atoms with E-state index in [0.29, 0.717) is 0 Å². The van der Waals surface area contributed by atoms with Crippen molar-refractivity contribution in [1.82, 2.24) is 19.8 Å². The monoisotopic (exact) mass is 418 g/mol. The molecule has 0 unspecified atom stereocenters. The molecule has 0 aliphatic carbocycles. The van der Waals surface area contributed by atoms with Gasteiger partial charge in [0.05, 0.1) is 23.5 Å². The number of nitrogens with zero attached hydrogens (tertiary/aromatic N) is 3. The fourth-order valence-electron chi connectivity index (χ4n) is 4.82. The molecule has 1 saturated heterocycles. The summed E-state index contributed by atoms with van der Waals surface area (Å²) in [7, 11) is 0. The van der Waals surface area contributed by atoms with E-state index in [-0.39, 0.29) is 12.1 Å². The number of benzene rings is 1. The van der Waals surface area contributed by atoms with E-state index in [0.717, 1.165) is 23.8 Å². The lowest BCUT2D eigenvalue weighted by atomic mass is 9.96. The average molecular weight is 419 g/mol. The van der Waals surface area contributed by atoms with Crippen LogP contribution in [-0.2, 0) is 0 Å². The van der Waals surface area contributed by atoms with Gasteiger partial charge in [0.25, 0.3) is 0 Å². The number of aromatic nitrogens is 2. The molecular formula is C25H30N4S. The fraction of sp³-hybridized carbons (Fsp3) is 0.360. The van der Waals surface area contributed by atoms with Gasteiger partial charge < -0.3 is 14.8 Å². The van der Waals surface area contributed by atoms with Crippen LogP contribution in [0.4, 0.5) is 0 Å². The summed E-state index contributed by atoms with van der Waals surface area (Å²) in [5, 5.41) is 4.37. The molecule has 4 rings (SSSR count). The Kier molecular flexibility index (Phi) is 5.65. The third kappa shape index (κ3) is 3.41. The van der Waals surface area contributed by atoms with Gasteiger partial charge in [-0.3, -0.25) is 4.98 Å². The smallest absolute Gasteiger partial charge is 0.170 e. The molecule has 1 fully saturated rings. The zero-order valence-corrected chi connectivity index (χ0v) is 19.3. The number of rotatable bonds is 5. The SMILES string of the molecule is CCCN1C(=S)N[C@@H](c2ccccn2)[C@H]1c1cc(C)n(-c2c(C)cccc2C)c1C. The van der Waals surface area contributed by atoms with Gasteiger partial charge in [0, 0.05) is 24.1 Å². The second-order valence-electron chi connectivity index (χ2n) is 8.22. The molecule has 156 valence electrons. The first kappa shape index (κ1) is 20.6. The summed E-state index contributed by atoms with van der Waals surface area (Å²) < 4.78 is 2.40. The maximum absolute atomic E-state index is 5.76. The van der Waals surface area contributed by atoms with Gasteiger partial charge in [-0.2, -0.15) is 0 Å². The second kappa shape index (κ2) is 8.23. The van der Waals surface area contributed by atoms with E-state index in [1.165, 1.54) is 33.8 Å². The van der Waals surface area contributed by atoms with Crippen LogP contribution in [0, 0.1) is 27.7 Å². The van der Waals surface area contributed by atoms with E-state index in [9.17, 15) is 0 Å². The maximum atomic E-state index is 5.76. The summed E-state index contributed by atoms with van der Waals surface area (Å²) >= 11 is 5.76. The predicted molar refractivity (Wildman–Crippen MR) is 127 cm³/mol. The molecule has 1 aliphatic rings. The van der Waals surface area contributed by atoms with Crippen LogP contribution in [-0.4, -0.2) is 26.1 Å². The van der Waals surface area contributed by atoms with E-state index < -0.39 is 0 Å². The van der Waals surface area contributed by atoms with Gasteiger partial charge >= 0.3 is 0 Å². The van der Waals surface area contributed by atoms with Gasteiger partial charge in [-0.25, -0.2) is 0 Å². The van der Waals surface area contributed by atoms with Crippen LogP contribution in [0.2, 0.25) is 0 Å². The predicted octanol–water partition coefficient (Wildman–Crippen LogP) is 5.49. The Hall–Kier alpha value is -2.66. The number of pyridine rings is 1. The first-order valence-corrected chi connectivity index (χ1v) is 11.1. The van der Waals surface area contributed by atoms with Crippen LogP contribution < -0.4 is 5.32 Å². The van der Waals surface area contributed by atoms with Crippen LogP contribution in [0.1, 0.15) is 59.2 Å². The Morgan fingerprint density at radius 1 is 1.03 bits per heavy atom. The van der Waals surface area contributed by atoms with Gasteiger partial charge in [0.1, 0.15) is 0 Å². The minimum Gasteiger partial charge on any atom is -0.352 e. The van der Waals surface area contributed by atoms with Crippen molar-refractivity contribution < 1.29 is 0 Å². The number of aryl methyl sites for hydroxylation is 3. The van der Waals surface area contributed by atoms with Crippen LogP contribution in [0.25, 0.3) is 5.69 Å². The van der Waals surface area contributed by atoms with Crippen molar-refractivity contribution in [2.75, 3.05) is 6.54 Å². The molecular weight excluding hydrogens is 388 g/mol. The minimum absolute atomic E-state index is 0.0390. The van der Waals surface area contributed by atoms with E-state index in [2.05, 4.69) is 84.7 Å². The summed E-state index contributed by atoms with van der Waals surface area (Å²) in [6, 6.07) is 15.1. The van der Waals surface area contributed by atoms with Crippen LogP contribution in [0.3, 0.4) is 0 Å². The number of nitrogens with one attached hydrogen (secondary N) is 1. The Labute approximate surface area is 184 Å². The van der Waals surface area contributed by atoms with Gasteiger partial charge in [-0.05, 0) is 81.2 Å². The zero-order chi connectivity index (χ0) is 21.4. The topological polar surface area (TPSA) is 33.1 Å². The zero-order valence-electron chi connectivity index (χ0n) is 18.4. The largest absolute Gasteiger partial charge is 0.352 e. The molecule has 0 radical (unpaired) electrons. The first-order chi connectivity index (χ1) is 14.4. The normalized spacial score (nSPS) is 18.7. The first-order valence-electron chi connectivity index (χ1n) is 10.7. The lowest BCUT2D eigenvalue weighted by Gasteiger charge is -2.28. The molecule has 3 heterocycles. The number of para-hydroxylation sites is 1. The summed E-state index contributed by atoms with van der Waals surface area (Å²) in [5.74, 6) is 0. The number of thiocarbonyl (C=S) groups is 1. The van der Waals surface area contributed by atoms with Crippen molar-refractivity contribution in [3.05, 3.63) is 82.4 Å². The van der Waals surface area contributed by atoms with Gasteiger partial charge in [0.15, 0.2) is 5.11 Å². The highest BCUT2D eigenvalue weighted by molar-refractivity contribution is 7.80. The van der Waals surface area contributed by atoms with Gasteiger partial charge in [0.2, 0.25) is 0 Å². The van der Waals surface area contributed by atoms with Crippen molar-refractivity contribution >= 4 is 17.3 Å². The Morgan fingerprint density at radius 3 is 2.40 bits per heavy atom. The quantitative estimate of drug-likeness (QED) is 0.556. The van der Waals surface area contributed by atoms with Crippen molar-refractivity contribution in [3.8, 4) is 5.69 Å². The molecule has 1 aliphatic heterocycles. The Morgan fingerprint density at radius 2 is 1.77 bits per heavy atom. The van der Waals surface area contributed by atoms with E-state index in [1.54, 1.807) is 0 Å². The molecule has 4 nitrogen and oxygen atoms in total. The van der Waals surface area contributed by atoms with Crippen LogP contribution >= 0.6 is 12.2 Å². The van der Waals surface area contributed by atoms with Crippen molar-refractivity contribution in [1.29, 1.82) is 0 Å². The lowest BCUT2D eigenvalue weighted by Crippen LogP contribution is -2.30.